The molecular weight excluding hydrogens is 222 g/mol. The van der Waals surface area contributed by atoms with Crippen molar-refractivity contribution in [2.75, 3.05) is 5.32 Å². The topological polar surface area (TPSA) is 122 Å². The molecule has 6 nitrogen and oxygen atoms in total. The summed E-state index contributed by atoms with van der Waals surface area (Å²) in [5.41, 5.74) is 12.4. The van der Waals surface area contributed by atoms with Gasteiger partial charge in [-0.15, -0.1) is 0 Å². The highest BCUT2D eigenvalue weighted by molar-refractivity contribution is 5.91. The number of hydrogen-bond donors (Lipinski definition) is 5. The number of nitrogens with one attached hydrogen (secondary N) is 1. The van der Waals surface area contributed by atoms with Crippen molar-refractivity contribution in [3.8, 4) is 5.75 Å². The van der Waals surface area contributed by atoms with Crippen LogP contribution >= 0.6 is 0 Å². The summed E-state index contributed by atoms with van der Waals surface area (Å²) in [7, 11) is 0. The minimum absolute atomic E-state index is 0.0646. The van der Waals surface area contributed by atoms with E-state index in [-0.39, 0.29) is 17.5 Å². The molecule has 0 saturated carbocycles. The number of primary amides is 1. The van der Waals surface area contributed by atoms with Gasteiger partial charge in [-0.25, -0.2) is 4.79 Å². The normalized spacial score (nSPS) is 22.9. The summed E-state index contributed by atoms with van der Waals surface area (Å²) in [4.78, 5) is 10.9. The molecule has 1 aromatic carbocycles. The predicted molar refractivity (Wildman–Crippen MR) is 62.6 cm³/mol. The van der Waals surface area contributed by atoms with Crippen LogP contribution < -0.4 is 16.8 Å². The van der Waals surface area contributed by atoms with Crippen molar-refractivity contribution in [2.24, 2.45) is 11.5 Å². The third-order valence-corrected chi connectivity index (χ3v) is 3.03. The number of fused-ring (bicyclic) bond motifs is 1. The zero-order valence-electron chi connectivity index (χ0n) is 9.18. The lowest BCUT2D eigenvalue weighted by Crippen LogP contribution is -2.33. The van der Waals surface area contributed by atoms with Crippen molar-refractivity contribution in [1.82, 2.24) is 0 Å². The van der Waals surface area contributed by atoms with Crippen LogP contribution in [0.15, 0.2) is 12.1 Å². The fourth-order valence-corrected chi connectivity index (χ4v) is 2.16. The Bertz CT molecular complexity index is 462. The number of carbonyl (C=O) groups is 1. The standard InChI is InChI=1S/C11H15N3O3/c12-7-3-1-5-6(10(7)16)2-4-8(15)9(5)14-11(13)17/h2,4,7,10,15-16H,1,3,12H2,(H3,13,14,17). The molecule has 6 heteroatoms. The Morgan fingerprint density at radius 3 is 2.82 bits per heavy atom. The van der Waals surface area contributed by atoms with Gasteiger partial charge in [0.15, 0.2) is 0 Å². The Balaban J connectivity index is 2.49. The fourth-order valence-electron chi connectivity index (χ4n) is 2.16. The summed E-state index contributed by atoms with van der Waals surface area (Å²) in [6.07, 6.45) is 0.385. The lowest BCUT2D eigenvalue weighted by molar-refractivity contribution is 0.134. The Labute approximate surface area is 98.2 Å². The van der Waals surface area contributed by atoms with Gasteiger partial charge in [-0.05, 0) is 30.0 Å². The van der Waals surface area contributed by atoms with E-state index in [1.54, 1.807) is 6.07 Å². The number of amides is 2. The van der Waals surface area contributed by atoms with E-state index in [1.165, 1.54) is 6.07 Å². The summed E-state index contributed by atoms with van der Waals surface area (Å²) >= 11 is 0. The molecule has 0 fully saturated rings. The van der Waals surface area contributed by atoms with Gasteiger partial charge in [-0.1, -0.05) is 6.07 Å². The second kappa shape index (κ2) is 4.23. The summed E-state index contributed by atoms with van der Waals surface area (Å²) in [5, 5.41) is 22.0. The first-order valence-corrected chi connectivity index (χ1v) is 5.35. The SMILES string of the molecule is NC(=O)Nc1c(O)ccc2c1CCC(N)C2O. The van der Waals surface area contributed by atoms with Gasteiger partial charge in [-0.2, -0.15) is 0 Å². The summed E-state index contributed by atoms with van der Waals surface area (Å²) in [6.45, 7) is 0. The molecule has 0 saturated heterocycles. The Morgan fingerprint density at radius 2 is 2.18 bits per heavy atom. The second-order valence-corrected chi connectivity index (χ2v) is 4.16. The van der Waals surface area contributed by atoms with E-state index >= 15 is 0 Å². The van der Waals surface area contributed by atoms with Gasteiger partial charge >= 0.3 is 6.03 Å². The van der Waals surface area contributed by atoms with Crippen LogP contribution in [0.25, 0.3) is 0 Å². The predicted octanol–water partition coefficient (Wildman–Crippen LogP) is 0.190. The zero-order valence-corrected chi connectivity index (χ0v) is 9.18. The number of anilines is 1. The molecule has 0 radical (unpaired) electrons. The molecule has 2 rings (SSSR count). The molecular formula is C11H15N3O3. The van der Waals surface area contributed by atoms with Crippen LogP contribution in [0.5, 0.6) is 5.75 Å². The van der Waals surface area contributed by atoms with Gasteiger partial charge in [-0.3, -0.25) is 0 Å². The molecule has 2 unspecified atom stereocenters. The number of hydrogen-bond acceptors (Lipinski definition) is 4. The quantitative estimate of drug-likeness (QED) is 0.447. The van der Waals surface area contributed by atoms with E-state index in [2.05, 4.69) is 5.32 Å². The van der Waals surface area contributed by atoms with Crippen molar-refractivity contribution >= 4 is 11.7 Å². The van der Waals surface area contributed by atoms with Crippen molar-refractivity contribution in [3.63, 3.8) is 0 Å². The first-order valence-electron chi connectivity index (χ1n) is 5.35. The Kier molecular flexibility index (Phi) is 2.91. The monoisotopic (exact) mass is 237 g/mol. The minimum Gasteiger partial charge on any atom is -0.506 e. The summed E-state index contributed by atoms with van der Waals surface area (Å²) in [6, 6.07) is 1.94. The third-order valence-electron chi connectivity index (χ3n) is 3.03. The maximum Gasteiger partial charge on any atom is 0.316 e. The number of aliphatic hydroxyl groups excluding tert-OH is 1. The summed E-state index contributed by atoms with van der Waals surface area (Å²) < 4.78 is 0. The van der Waals surface area contributed by atoms with E-state index in [0.29, 0.717) is 24.0 Å². The van der Waals surface area contributed by atoms with Crippen LogP contribution in [0.3, 0.4) is 0 Å². The lowest BCUT2D eigenvalue weighted by Gasteiger charge is -2.29. The second-order valence-electron chi connectivity index (χ2n) is 4.16. The van der Waals surface area contributed by atoms with Crippen LogP contribution in [0.4, 0.5) is 10.5 Å². The number of phenolic OH excluding ortho intramolecular Hbond substituents is 1. The number of benzene rings is 1. The van der Waals surface area contributed by atoms with Crippen molar-refractivity contribution < 1.29 is 15.0 Å². The zero-order chi connectivity index (χ0) is 12.6. The van der Waals surface area contributed by atoms with Gasteiger partial charge in [0.25, 0.3) is 0 Å². The maximum absolute atomic E-state index is 10.9. The first kappa shape index (κ1) is 11.7. The maximum atomic E-state index is 10.9. The molecule has 2 atom stereocenters. The fraction of sp³-hybridized carbons (Fsp3) is 0.364. The molecule has 92 valence electrons. The van der Waals surface area contributed by atoms with Gasteiger partial charge in [0.1, 0.15) is 5.75 Å². The van der Waals surface area contributed by atoms with E-state index in [4.69, 9.17) is 11.5 Å². The highest BCUT2D eigenvalue weighted by Gasteiger charge is 2.28. The third kappa shape index (κ3) is 2.04. The first-order chi connectivity index (χ1) is 8.00. The van der Waals surface area contributed by atoms with Crippen LogP contribution in [0, 0.1) is 0 Å². The molecule has 0 aromatic heterocycles. The van der Waals surface area contributed by atoms with Crippen molar-refractivity contribution in [2.45, 2.75) is 25.0 Å². The molecule has 1 aliphatic carbocycles. The van der Waals surface area contributed by atoms with Crippen LogP contribution in [0.2, 0.25) is 0 Å². The van der Waals surface area contributed by atoms with E-state index in [0.717, 1.165) is 0 Å². The van der Waals surface area contributed by atoms with Crippen molar-refractivity contribution in [3.05, 3.63) is 23.3 Å². The number of rotatable bonds is 1. The van der Waals surface area contributed by atoms with Gasteiger partial charge in [0.2, 0.25) is 0 Å². The average Bonchev–Trinajstić information content (AvgIpc) is 2.27. The largest absolute Gasteiger partial charge is 0.506 e. The molecule has 0 heterocycles. The van der Waals surface area contributed by atoms with Gasteiger partial charge in [0, 0.05) is 6.04 Å². The number of carbonyl (C=O) groups excluding carboxylic acids is 1. The van der Waals surface area contributed by atoms with Gasteiger partial charge in [0.05, 0.1) is 11.8 Å². The number of phenols is 1. The molecule has 0 aliphatic heterocycles. The number of aromatic hydroxyl groups is 1. The van der Waals surface area contributed by atoms with E-state index in [1.807, 2.05) is 0 Å². The van der Waals surface area contributed by atoms with Crippen molar-refractivity contribution in [1.29, 1.82) is 0 Å². The average molecular weight is 237 g/mol. The highest BCUT2D eigenvalue weighted by atomic mass is 16.3. The number of nitrogens with two attached hydrogens (primary N) is 2. The van der Waals surface area contributed by atoms with Crippen LogP contribution in [-0.4, -0.2) is 22.3 Å². The summed E-state index contributed by atoms with van der Waals surface area (Å²) in [5.74, 6) is -0.0646. The molecule has 1 aliphatic rings. The highest BCUT2D eigenvalue weighted by Crippen LogP contribution is 2.38. The van der Waals surface area contributed by atoms with E-state index in [9.17, 15) is 15.0 Å². The molecule has 0 bridgehead atoms. The molecule has 0 spiro atoms. The number of aliphatic hydroxyl groups is 1. The number of urea groups is 1. The van der Waals surface area contributed by atoms with Crippen LogP contribution in [0.1, 0.15) is 23.7 Å². The molecule has 2 amide bonds. The molecule has 1 aromatic rings. The molecule has 7 N–H and O–H groups in total. The Hall–Kier alpha value is -1.79. The minimum atomic E-state index is -0.784. The van der Waals surface area contributed by atoms with E-state index < -0.39 is 12.1 Å². The lowest BCUT2D eigenvalue weighted by atomic mass is 9.85. The van der Waals surface area contributed by atoms with Gasteiger partial charge < -0.3 is 27.0 Å². The smallest absolute Gasteiger partial charge is 0.316 e. The van der Waals surface area contributed by atoms with Crippen LogP contribution in [-0.2, 0) is 6.42 Å². The molecule has 17 heavy (non-hydrogen) atoms. The Morgan fingerprint density at radius 1 is 1.47 bits per heavy atom.